The smallest absolute Gasteiger partial charge is 0.198 e. The Kier molecular flexibility index (Phi) is 3.55. The van der Waals surface area contributed by atoms with Crippen LogP contribution in [0.4, 0.5) is 13.2 Å². The van der Waals surface area contributed by atoms with Crippen molar-refractivity contribution in [3.8, 4) is 17.3 Å². The van der Waals surface area contributed by atoms with Gasteiger partial charge in [0, 0.05) is 51.7 Å². The van der Waals surface area contributed by atoms with Crippen LogP contribution in [0.3, 0.4) is 0 Å². The second kappa shape index (κ2) is 6.01. The number of benzene rings is 2. The fourth-order valence-electron chi connectivity index (χ4n) is 4.04. The zero-order chi connectivity index (χ0) is 20.3. The number of ketones is 1. The third kappa shape index (κ3) is 2.18. The molecule has 1 aromatic heterocycles. The number of halogens is 3. The van der Waals surface area contributed by atoms with Crippen LogP contribution in [0.25, 0.3) is 22.4 Å². The molecule has 0 aliphatic heterocycles. The van der Waals surface area contributed by atoms with Gasteiger partial charge in [-0.05, 0) is 11.6 Å². The van der Waals surface area contributed by atoms with E-state index in [0.29, 0.717) is 28.5 Å². The van der Waals surface area contributed by atoms with E-state index >= 15 is 0 Å². The number of hydrogen-bond donors (Lipinski definition) is 0. The van der Waals surface area contributed by atoms with Crippen molar-refractivity contribution in [2.45, 2.75) is 0 Å². The molecule has 0 radical (unpaired) electrons. The lowest BCUT2D eigenvalue weighted by Gasteiger charge is -2.08. The largest absolute Gasteiger partial charge is 0.288 e. The summed E-state index contributed by atoms with van der Waals surface area (Å²) >= 11 is 0. The van der Waals surface area contributed by atoms with Crippen LogP contribution in [0.2, 0.25) is 0 Å². The summed E-state index contributed by atoms with van der Waals surface area (Å²) in [6, 6.07) is 12.7. The van der Waals surface area contributed by atoms with Crippen LogP contribution in [0.5, 0.6) is 0 Å². The van der Waals surface area contributed by atoms with E-state index in [4.69, 9.17) is 0 Å². The third-order valence-electron chi connectivity index (χ3n) is 5.15. The quantitative estimate of drug-likeness (QED) is 0.240. The van der Waals surface area contributed by atoms with Gasteiger partial charge in [-0.15, -0.1) is 0 Å². The van der Waals surface area contributed by atoms with Gasteiger partial charge in [0.05, 0.1) is 17.3 Å². The third-order valence-corrected chi connectivity index (χ3v) is 5.15. The van der Waals surface area contributed by atoms with E-state index in [2.05, 4.69) is 4.98 Å². The number of nitriles is 1. The van der Waals surface area contributed by atoms with Crippen LogP contribution < -0.4 is 0 Å². The highest BCUT2D eigenvalue weighted by molar-refractivity contribution is 6.32. The van der Waals surface area contributed by atoms with Gasteiger partial charge in [0.15, 0.2) is 17.4 Å². The van der Waals surface area contributed by atoms with Crippen molar-refractivity contribution in [1.82, 2.24) is 4.98 Å². The number of aromatic nitrogens is 1. The van der Waals surface area contributed by atoms with Gasteiger partial charge in [-0.2, -0.15) is 5.26 Å². The first-order chi connectivity index (χ1) is 14.0. The molecule has 0 unspecified atom stereocenters. The Morgan fingerprint density at radius 3 is 2.38 bits per heavy atom. The topological polar surface area (TPSA) is 53.8 Å². The molecule has 0 bridgehead atoms. The Hall–Kier alpha value is -3.98. The van der Waals surface area contributed by atoms with Crippen LogP contribution in [0, 0.1) is 28.8 Å². The second-order valence-electron chi connectivity index (χ2n) is 6.62. The molecule has 3 aromatic rings. The Labute approximate surface area is 163 Å². The minimum absolute atomic E-state index is 0.0378. The standard InChI is InChI=1S/C23H9F3N2O/c24-15-10-16(25)21(26)18-13(7-8-27)19(23(29)20(15)18)17-11-4-1-2-5-12(11)22-14(17)6-3-9-28-22/h1-7,9-10H/b13-7+,19-17-. The number of Topliss-reactive ketones (excluding diaryl/α,β-unsaturated/α-hetero) is 1. The SMILES string of the molecule is N#C/C=C1/C(=C2\c3ccccc3-c3ncccc32)C(=O)c2c(F)cc(F)c(F)c21. The average Bonchev–Trinajstić information content (AvgIpc) is 3.19. The number of carbonyl (C=O) groups excluding carboxylic acids is 1. The van der Waals surface area contributed by atoms with E-state index in [-0.39, 0.29) is 11.1 Å². The molecule has 0 saturated heterocycles. The van der Waals surface area contributed by atoms with Crippen LogP contribution in [-0.2, 0) is 0 Å². The van der Waals surface area contributed by atoms with Crippen molar-refractivity contribution in [3.05, 3.63) is 100 Å². The zero-order valence-electron chi connectivity index (χ0n) is 14.6. The highest BCUT2D eigenvalue weighted by atomic mass is 19.2. The van der Waals surface area contributed by atoms with Crippen molar-refractivity contribution in [2.24, 2.45) is 0 Å². The molecule has 3 nitrogen and oxygen atoms in total. The fraction of sp³-hybridized carbons (Fsp3) is 0. The molecule has 0 atom stereocenters. The van der Waals surface area contributed by atoms with Gasteiger partial charge in [-0.1, -0.05) is 30.3 Å². The molecule has 2 aliphatic carbocycles. The molecule has 29 heavy (non-hydrogen) atoms. The summed E-state index contributed by atoms with van der Waals surface area (Å²) in [7, 11) is 0. The normalized spacial score (nSPS) is 17.9. The molecule has 0 fully saturated rings. The lowest BCUT2D eigenvalue weighted by Crippen LogP contribution is -2.03. The average molecular weight is 386 g/mol. The molecule has 1 heterocycles. The highest BCUT2D eigenvalue weighted by Gasteiger charge is 2.41. The van der Waals surface area contributed by atoms with E-state index in [1.807, 2.05) is 12.1 Å². The summed E-state index contributed by atoms with van der Waals surface area (Å²) < 4.78 is 43.0. The first-order valence-corrected chi connectivity index (χ1v) is 8.66. The van der Waals surface area contributed by atoms with Crippen LogP contribution >= 0.6 is 0 Å². The van der Waals surface area contributed by atoms with Crippen molar-refractivity contribution in [1.29, 1.82) is 5.26 Å². The number of allylic oxidation sites excluding steroid dienone is 3. The summed E-state index contributed by atoms with van der Waals surface area (Å²) in [4.78, 5) is 17.6. The van der Waals surface area contributed by atoms with Crippen molar-refractivity contribution >= 4 is 16.9 Å². The minimum atomic E-state index is -1.42. The highest BCUT2D eigenvalue weighted by Crippen LogP contribution is 2.50. The van der Waals surface area contributed by atoms with Gasteiger partial charge < -0.3 is 0 Å². The molecule has 2 aromatic carbocycles. The fourth-order valence-corrected chi connectivity index (χ4v) is 4.04. The molecule has 138 valence electrons. The maximum Gasteiger partial charge on any atom is 0.198 e. The molecule has 5 rings (SSSR count). The minimum Gasteiger partial charge on any atom is -0.288 e. The van der Waals surface area contributed by atoms with Crippen molar-refractivity contribution < 1.29 is 18.0 Å². The Morgan fingerprint density at radius 1 is 0.897 bits per heavy atom. The second-order valence-corrected chi connectivity index (χ2v) is 6.62. The number of nitrogens with zero attached hydrogens (tertiary/aromatic N) is 2. The lowest BCUT2D eigenvalue weighted by molar-refractivity contribution is 0.104. The van der Waals surface area contributed by atoms with Gasteiger partial charge in [0.1, 0.15) is 5.82 Å². The molecular weight excluding hydrogens is 377 g/mol. The summed E-state index contributed by atoms with van der Waals surface area (Å²) in [5, 5.41) is 9.24. The van der Waals surface area contributed by atoms with Crippen LogP contribution in [0.1, 0.15) is 27.0 Å². The summed E-state index contributed by atoms with van der Waals surface area (Å²) in [5.74, 6) is -4.73. The van der Waals surface area contributed by atoms with E-state index in [0.717, 1.165) is 11.6 Å². The number of rotatable bonds is 0. The number of carbonyl (C=O) groups is 1. The monoisotopic (exact) mass is 386 g/mol. The van der Waals surface area contributed by atoms with E-state index < -0.39 is 34.4 Å². The summed E-state index contributed by atoms with van der Waals surface area (Å²) in [6.45, 7) is 0. The maximum atomic E-state index is 14.6. The van der Waals surface area contributed by atoms with Crippen LogP contribution in [0.15, 0.2) is 60.3 Å². The lowest BCUT2D eigenvalue weighted by atomic mass is 9.93. The van der Waals surface area contributed by atoms with Gasteiger partial charge in [0.2, 0.25) is 0 Å². The van der Waals surface area contributed by atoms with Gasteiger partial charge >= 0.3 is 0 Å². The molecular formula is C23H9F3N2O. The first-order valence-electron chi connectivity index (χ1n) is 8.66. The number of hydrogen-bond acceptors (Lipinski definition) is 3. The predicted octanol–water partition coefficient (Wildman–Crippen LogP) is 5.08. The van der Waals surface area contributed by atoms with Crippen LogP contribution in [-0.4, -0.2) is 10.8 Å². The van der Waals surface area contributed by atoms with E-state index in [9.17, 15) is 23.2 Å². The molecule has 0 N–H and O–H groups in total. The molecule has 6 heteroatoms. The molecule has 2 aliphatic rings. The maximum absolute atomic E-state index is 14.6. The van der Waals surface area contributed by atoms with Crippen molar-refractivity contribution in [3.63, 3.8) is 0 Å². The molecule has 0 saturated carbocycles. The summed E-state index contributed by atoms with van der Waals surface area (Å²) in [5.41, 5.74) is 1.81. The zero-order valence-corrected chi connectivity index (χ0v) is 14.6. The van der Waals surface area contributed by atoms with Crippen molar-refractivity contribution in [2.75, 3.05) is 0 Å². The van der Waals surface area contributed by atoms with E-state index in [1.165, 1.54) is 0 Å². The number of pyridine rings is 1. The van der Waals surface area contributed by atoms with Gasteiger partial charge in [-0.3, -0.25) is 9.78 Å². The number of fused-ring (bicyclic) bond motifs is 4. The Morgan fingerprint density at radius 2 is 1.62 bits per heavy atom. The molecule has 0 spiro atoms. The van der Waals surface area contributed by atoms with Gasteiger partial charge in [-0.25, -0.2) is 13.2 Å². The Balaban J connectivity index is 1.95. The van der Waals surface area contributed by atoms with Gasteiger partial charge in [0.25, 0.3) is 0 Å². The first kappa shape index (κ1) is 17.1. The Bertz CT molecular complexity index is 1320. The summed E-state index contributed by atoms with van der Waals surface area (Å²) in [6.07, 6.45) is 2.56. The molecule has 0 amide bonds. The predicted molar refractivity (Wildman–Crippen MR) is 99.9 cm³/mol. The van der Waals surface area contributed by atoms with E-state index in [1.54, 1.807) is 36.5 Å².